The molecule has 0 aliphatic heterocycles. The molecule has 0 fully saturated rings. The van der Waals surface area contributed by atoms with Gasteiger partial charge in [-0.1, -0.05) is 24.3 Å². The fraction of sp³-hybridized carbons (Fsp3) is 0.222. The maximum atomic E-state index is 12.5. The summed E-state index contributed by atoms with van der Waals surface area (Å²) in [5, 5.41) is 3.51. The number of nitrogens with zero attached hydrogens (tertiary/aromatic N) is 2. The van der Waals surface area contributed by atoms with Gasteiger partial charge in [0.25, 0.3) is 0 Å². The highest BCUT2D eigenvalue weighted by molar-refractivity contribution is 7.18. The number of para-hydroxylation sites is 1. The highest BCUT2D eigenvalue weighted by atomic mass is 32.1. The number of nitrogens with one attached hydrogen (secondary N) is 1. The van der Waals surface area contributed by atoms with E-state index in [1.54, 1.807) is 7.05 Å². The maximum absolute atomic E-state index is 12.5. The number of hydrogen-bond acceptors (Lipinski definition) is 3. The quantitative estimate of drug-likeness (QED) is 0.717. The SMILES string of the molecule is CN(Cc1nc2ccccc2s1)C(=O)NCc1ccc(C(F)(F)F)cc1. The van der Waals surface area contributed by atoms with Gasteiger partial charge in [-0.05, 0) is 29.8 Å². The Morgan fingerprint density at radius 2 is 1.85 bits per heavy atom. The summed E-state index contributed by atoms with van der Waals surface area (Å²) in [5.41, 5.74) is 0.784. The first-order valence-electron chi connectivity index (χ1n) is 7.82. The van der Waals surface area contributed by atoms with Crippen molar-refractivity contribution in [3.05, 3.63) is 64.7 Å². The van der Waals surface area contributed by atoms with Gasteiger partial charge in [-0.2, -0.15) is 13.2 Å². The lowest BCUT2D eigenvalue weighted by Crippen LogP contribution is -2.36. The molecule has 0 saturated carbocycles. The van der Waals surface area contributed by atoms with Gasteiger partial charge in [0.15, 0.2) is 0 Å². The molecule has 0 aliphatic rings. The predicted molar refractivity (Wildman–Crippen MR) is 94.8 cm³/mol. The highest BCUT2D eigenvalue weighted by Gasteiger charge is 2.29. The van der Waals surface area contributed by atoms with Crippen LogP contribution in [0.1, 0.15) is 16.1 Å². The van der Waals surface area contributed by atoms with E-state index >= 15 is 0 Å². The van der Waals surface area contributed by atoms with Crippen molar-refractivity contribution in [3.63, 3.8) is 0 Å². The summed E-state index contributed by atoms with van der Waals surface area (Å²) in [6, 6.07) is 12.1. The van der Waals surface area contributed by atoms with Gasteiger partial charge in [0.2, 0.25) is 0 Å². The van der Waals surface area contributed by atoms with Gasteiger partial charge >= 0.3 is 12.2 Å². The van der Waals surface area contributed by atoms with Crippen LogP contribution in [0, 0.1) is 0 Å². The van der Waals surface area contributed by atoms with Crippen molar-refractivity contribution in [3.8, 4) is 0 Å². The van der Waals surface area contributed by atoms with Crippen molar-refractivity contribution in [2.75, 3.05) is 7.05 Å². The van der Waals surface area contributed by atoms with Crippen molar-refractivity contribution in [2.24, 2.45) is 0 Å². The second-order valence-electron chi connectivity index (χ2n) is 5.78. The number of carbonyl (C=O) groups excluding carboxylic acids is 1. The minimum absolute atomic E-state index is 0.154. The summed E-state index contributed by atoms with van der Waals surface area (Å²) in [7, 11) is 1.65. The Bertz CT molecular complexity index is 873. The molecule has 0 radical (unpaired) electrons. The van der Waals surface area contributed by atoms with Gasteiger partial charge in [0.1, 0.15) is 5.01 Å². The van der Waals surface area contributed by atoms with Crippen LogP contribution in [0.3, 0.4) is 0 Å². The third-order valence-corrected chi connectivity index (χ3v) is 4.80. The first-order valence-corrected chi connectivity index (χ1v) is 8.64. The Labute approximate surface area is 152 Å². The van der Waals surface area contributed by atoms with Crippen molar-refractivity contribution >= 4 is 27.6 Å². The van der Waals surface area contributed by atoms with Gasteiger partial charge in [-0.15, -0.1) is 11.3 Å². The van der Waals surface area contributed by atoms with E-state index in [0.717, 1.165) is 27.4 Å². The number of halogens is 3. The Morgan fingerprint density at radius 3 is 2.50 bits per heavy atom. The molecule has 2 aromatic carbocycles. The lowest BCUT2D eigenvalue weighted by molar-refractivity contribution is -0.137. The molecule has 8 heteroatoms. The lowest BCUT2D eigenvalue weighted by Gasteiger charge is -2.16. The van der Waals surface area contributed by atoms with Crippen LogP contribution in [0.5, 0.6) is 0 Å². The van der Waals surface area contributed by atoms with E-state index in [0.29, 0.717) is 12.1 Å². The zero-order chi connectivity index (χ0) is 18.7. The van der Waals surface area contributed by atoms with Crippen molar-refractivity contribution < 1.29 is 18.0 Å². The van der Waals surface area contributed by atoms with Crippen LogP contribution >= 0.6 is 11.3 Å². The van der Waals surface area contributed by atoms with Crippen molar-refractivity contribution in [1.29, 1.82) is 0 Å². The number of fused-ring (bicyclic) bond motifs is 1. The number of benzene rings is 2. The molecule has 0 unspecified atom stereocenters. The molecule has 0 bridgehead atoms. The second kappa shape index (κ2) is 7.33. The Hall–Kier alpha value is -2.61. The molecule has 0 atom stereocenters. The van der Waals surface area contributed by atoms with Crippen LogP contribution in [-0.2, 0) is 19.3 Å². The first kappa shape index (κ1) is 18.2. The first-order chi connectivity index (χ1) is 12.3. The number of amides is 2. The molecule has 0 saturated heterocycles. The number of hydrogen-bond donors (Lipinski definition) is 1. The maximum Gasteiger partial charge on any atom is 0.416 e. The zero-order valence-corrected chi connectivity index (χ0v) is 14.7. The predicted octanol–water partition coefficient (Wildman–Crippen LogP) is 4.66. The van der Waals surface area contributed by atoms with E-state index in [9.17, 15) is 18.0 Å². The Morgan fingerprint density at radius 1 is 1.15 bits per heavy atom. The third kappa shape index (κ3) is 4.32. The van der Waals surface area contributed by atoms with E-state index in [-0.39, 0.29) is 12.6 Å². The molecule has 1 aromatic heterocycles. The molecule has 0 spiro atoms. The van der Waals surface area contributed by atoms with Crippen LogP contribution in [-0.4, -0.2) is 23.0 Å². The molecule has 3 rings (SSSR count). The van der Waals surface area contributed by atoms with Crippen LogP contribution in [0.4, 0.5) is 18.0 Å². The zero-order valence-electron chi connectivity index (χ0n) is 13.9. The largest absolute Gasteiger partial charge is 0.416 e. The van der Waals surface area contributed by atoms with E-state index in [1.807, 2.05) is 24.3 Å². The fourth-order valence-electron chi connectivity index (χ4n) is 2.39. The Balaban J connectivity index is 1.55. The summed E-state index contributed by atoms with van der Waals surface area (Å²) in [6.07, 6.45) is -4.36. The van der Waals surface area contributed by atoms with Crippen LogP contribution in [0.25, 0.3) is 10.2 Å². The summed E-state index contributed by atoms with van der Waals surface area (Å²) < 4.78 is 38.7. The fourth-order valence-corrected chi connectivity index (χ4v) is 3.41. The molecule has 136 valence electrons. The smallest absolute Gasteiger partial charge is 0.334 e. The molecule has 26 heavy (non-hydrogen) atoms. The summed E-state index contributed by atoms with van der Waals surface area (Å²) >= 11 is 1.52. The third-order valence-electron chi connectivity index (χ3n) is 3.78. The summed E-state index contributed by atoms with van der Waals surface area (Å²) in [5.74, 6) is 0. The average molecular weight is 379 g/mol. The minimum Gasteiger partial charge on any atom is -0.334 e. The number of carbonyl (C=O) groups is 1. The van der Waals surface area contributed by atoms with Crippen LogP contribution in [0.2, 0.25) is 0 Å². The molecule has 1 heterocycles. The molecule has 2 amide bonds. The number of rotatable bonds is 4. The van der Waals surface area contributed by atoms with Crippen LogP contribution < -0.4 is 5.32 Å². The molecule has 3 aromatic rings. The number of aromatic nitrogens is 1. The van der Waals surface area contributed by atoms with Gasteiger partial charge < -0.3 is 10.2 Å². The number of urea groups is 1. The van der Waals surface area contributed by atoms with E-state index in [4.69, 9.17) is 0 Å². The van der Waals surface area contributed by atoms with Gasteiger partial charge in [0, 0.05) is 13.6 Å². The van der Waals surface area contributed by atoms with E-state index < -0.39 is 11.7 Å². The second-order valence-corrected chi connectivity index (χ2v) is 6.90. The number of alkyl halides is 3. The molecule has 4 nitrogen and oxygen atoms in total. The van der Waals surface area contributed by atoms with Crippen molar-refractivity contribution in [1.82, 2.24) is 15.2 Å². The van der Waals surface area contributed by atoms with E-state index in [2.05, 4.69) is 10.3 Å². The van der Waals surface area contributed by atoms with Crippen molar-refractivity contribution in [2.45, 2.75) is 19.3 Å². The summed E-state index contributed by atoms with van der Waals surface area (Å²) in [6.45, 7) is 0.513. The monoisotopic (exact) mass is 379 g/mol. The van der Waals surface area contributed by atoms with Gasteiger partial charge in [0.05, 0.1) is 22.3 Å². The lowest BCUT2D eigenvalue weighted by atomic mass is 10.1. The standard InChI is InChI=1S/C18H16F3N3OS/c1-24(11-16-23-14-4-2-3-5-15(14)26-16)17(25)22-10-12-6-8-13(9-7-12)18(19,20)21/h2-9H,10-11H2,1H3,(H,22,25). The van der Waals surface area contributed by atoms with Crippen LogP contribution in [0.15, 0.2) is 48.5 Å². The molecule has 0 aliphatic carbocycles. The molecular weight excluding hydrogens is 363 g/mol. The minimum atomic E-state index is -4.36. The average Bonchev–Trinajstić information content (AvgIpc) is 3.01. The molecular formula is C18H16F3N3OS. The molecule has 1 N–H and O–H groups in total. The van der Waals surface area contributed by atoms with Gasteiger partial charge in [-0.3, -0.25) is 0 Å². The van der Waals surface area contributed by atoms with Gasteiger partial charge in [-0.25, -0.2) is 9.78 Å². The Kier molecular flexibility index (Phi) is 5.13. The normalized spacial score (nSPS) is 11.5. The summed E-state index contributed by atoms with van der Waals surface area (Å²) in [4.78, 5) is 18.1. The highest BCUT2D eigenvalue weighted by Crippen LogP contribution is 2.29. The number of thiazole rings is 1. The van der Waals surface area contributed by atoms with E-state index in [1.165, 1.54) is 28.4 Å². The topological polar surface area (TPSA) is 45.2 Å².